The first-order chi connectivity index (χ1) is 18.9. The fourth-order valence-corrected chi connectivity index (χ4v) is 6.67. The second-order valence-electron chi connectivity index (χ2n) is 11.3. The molecule has 1 saturated heterocycles. The standard InChI is InChI=1S/C28H37ClO12/c1-13-25(34)41-22-10-18(12-29)8-9-19(37-14(2)30)26(6)20(38-15(3)31)11-21(39-16(4)32)27(7,35)23(26)24(28(13,22)36)40-17(5)33/h8-10,13,19-24,35-36H,11-12H2,1-7H3/b9-8-,18-10+/t13?,19-,20?,21?,22?,23?,24-,26+,27-,28-/m1/s1. The molecule has 5 unspecified atom stereocenters. The number of allylic oxidation sites excluding steroid dienone is 2. The molecule has 0 aromatic carbocycles. The van der Waals surface area contributed by atoms with Gasteiger partial charge < -0.3 is 33.9 Å². The van der Waals surface area contributed by atoms with E-state index in [0.717, 1.165) is 27.7 Å². The zero-order valence-electron chi connectivity index (χ0n) is 24.0. The average Bonchev–Trinajstić information content (AvgIpc) is 3.05. The normalized spacial score (nSPS) is 42.2. The van der Waals surface area contributed by atoms with Crippen molar-refractivity contribution in [3.8, 4) is 0 Å². The van der Waals surface area contributed by atoms with E-state index in [1.54, 1.807) is 0 Å². The molecule has 0 bridgehead atoms. The highest BCUT2D eigenvalue weighted by atomic mass is 35.5. The van der Waals surface area contributed by atoms with E-state index in [1.807, 2.05) is 0 Å². The van der Waals surface area contributed by atoms with Crippen LogP contribution >= 0.6 is 11.6 Å². The number of rotatable bonds is 5. The van der Waals surface area contributed by atoms with Gasteiger partial charge in [-0.2, -0.15) is 0 Å². The van der Waals surface area contributed by atoms with Crippen LogP contribution in [0.5, 0.6) is 0 Å². The quantitative estimate of drug-likeness (QED) is 0.265. The van der Waals surface area contributed by atoms with Gasteiger partial charge in [0.2, 0.25) is 0 Å². The highest BCUT2D eigenvalue weighted by Crippen LogP contribution is 2.57. The molecule has 1 aliphatic heterocycles. The lowest BCUT2D eigenvalue weighted by Crippen LogP contribution is -2.74. The molecular formula is C28H37ClO12. The summed E-state index contributed by atoms with van der Waals surface area (Å²) in [4.78, 5) is 62.5. The maximum Gasteiger partial charge on any atom is 0.312 e. The number of hydrogen-bond donors (Lipinski definition) is 2. The molecule has 41 heavy (non-hydrogen) atoms. The maximum absolute atomic E-state index is 12.9. The molecule has 228 valence electrons. The van der Waals surface area contributed by atoms with Gasteiger partial charge in [0.15, 0.2) is 11.7 Å². The molecule has 2 N–H and O–H groups in total. The van der Waals surface area contributed by atoms with Crippen LogP contribution in [0, 0.1) is 17.3 Å². The fourth-order valence-electron chi connectivity index (χ4n) is 6.50. The van der Waals surface area contributed by atoms with Crippen LogP contribution in [0.1, 0.15) is 54.9 Å². The lowest BCUT2D eigenvalue weighted by molar-refractivity contribution is -0.286. The van der Waals surface area contributed by atoms with Gasteiger partial charge in [-0.3, -0.25) is 24.0 Å². The number of aliphatic hydroxyl groups is 2. The summed E-state index contributed by atoms with van der Waals surface area (Å²) < 4.78 is 28.2. The van der Waals surface area contributed by atoms with Crippen molar-refractivity contribution in [3.63, 3.8) is 0 Å². The van der Waals surface area contributed by atoms with E-state index in [4.69, 9.17) is 35.3 Å². The number of ether oxygens (including phenoxy) is 5. The van der Waals surface area contributed by atoms with Crippen molar-refractivity contribution in [1.29, 1.82) is 0 Å². The molecule has 0 aromatic rings. The minimum absolute atomic E-state index is 0.111. The van der Waals surface area contributed by atoms with Crippen molar-refractivity contribution in [3.05, 3.63) is 23.8 Å². The Labute approximate surface area is 242 Å². The molecule has 2 fully saturated rings. The Hall–Kier alpha value is -2.96. The molecule has 2 aliphatic carbocycles. The first-order valence-electron chi connectivity index (χ1n) is 13.2. The Morgan fingerprint density at radius 2 is 1.49 bits per heavy atom. The molecule has 0 spiro atoms. The summed E-state index contributed by atoms with van der Waals surface area (Å²) in [6.45, 7) is 8.72. The SMILES string of the molecule is CC(=O)OC1CC(OC(C)=O)[C@@]2(C)C([C@@H](OC(C)=O)[C@]3(O)C(/C=C(CCl)\C=C/[C@H]2OC(C)=O)OC(=O)C3C)[C@]1(C)O. The predicted octanol–water partition coefficient (Wildman–Crippen LogP) is 1.52. The van der Waals surface area contributed by atoms with Crippen LogP contribution in [0.15, 0.2) is 23.8 Å². The number of hydrogen-bond acceptors (Lipinski definition) is 12. The van der Waals surface area contributed by atoms with E-state index < -0.39 is 88.8 Å². The average molecular weight is 601 g/mol. The molecule has 13 heteroatoms. The van der Waals surface area contributed by atoms with E-state index in [1.165, 1.54) is 39.0 Å². The molecule has 1 saturated carbocycles. The largest absolute Gasteiger partial charge is 0.462 e. The minimum atomic E-state index is -2.32. The summed E-state index contributed by atoms with van der Waals surface area (Å²) in [5.41, 5.74) is -5.76. The van der Waals surface area contributed by atoms with Crippen molar-refractivity contribution in [2.45, 2.75) is 96.6 Å². The van der Waals surface area contributed by atoms with E-state index in [2.05, 4.69) is 0 Å². The highest BCUT2D eigenvalue weighted by Gasteiger charge is 2.72. The van der Waals surface area contributed by atoms with Gasteiger partial charge in [-0.25, -0.2) is 0 Å². The van der Waals surface area contributed by atoms with Gasteiger partial charge in [-0.1, -0.05) is 13.0 Å². The highest BCUT2D eigenvalue weighted by molar-refractivity contribution is 6.19. The molecular weight excluding hydrogens is 564 g/mol. The molecule has 1 heterocycles. The van der Waals surface area contributed by atoms with Crippen LogP contribution in [0.4, 0.5) is 0 Å². The van der Waals surface area contributed by atoms with E-state index in [-0.39, 0.29) is 12.3 Å². The third kappa shape index (κ3) is 5.87. The van der Waals surface area contributed by atoms with Crippen LogP contribution in [0.2, 0.25) is 0 Å². The first-order valence-corrected chi connectivity index (χ1v) is 13.7. The zero-order valence-corrected chi connectivity index (χ0v) is 24.8. The molecule has 0 aromatic heterocycles. The van der Waals surface area contributed by atoms with Gasteiger partial charge in [0.25, 0.3) is 0 Å². The Bertz CT molecular complexity index is 1160. The Balaban J connectivity index is 2.50. The van der Waals surface area contributed by atoms with Crippen molar-refractivity contribution in [1.82, 2.24) is 0 Å². The van der Waals surface area contributed by atoms with Crippen LogP contribution in [-0.2, 0) is 47.7 Å². The zero-order chi connectivity index (χ0) is 31.1. The second-order valence-corrected chi connectivity index (χ2v) is 11.5. The summed E-state index contributed by atoms with van der Waals surface area (Å²) >= 11 is 6.17. The number of carbonyl (C=O) groups excluding carboxylic acids is 5. The number of fused-ring (bicyclic) bond motifs is 2. The fraction of sp³-hybridized carbons (Fsp3) is 0.679. The third-order valence-corrected chi connectivity index (χ3v) is 8.71. The van der Waals surface area contributed by atoms with E-state index in [0.29, 0.717) is 5.57 Å². The Kier molecular flexibility index (Phi) is 9.31. The lowest BCUT2D eigenvalue weighted by atomic mass is 9.51. The van der Waals surface area contributed by atoms with Gasteiger partial charge in [0.05, 0.1) is 11.3 Å². The van der Waals surface area contributed by atoms with E-state index in [9.17, 15) is 34.2 Å². The molecule has 0 amide bonds. The third-order valence-electron chi connectivity index (χ3n) is 8.40. The van der Waals surface area contributed by atoms with Gasteiger partial charge in [0, 0.05) is 45.9 Å². The maximum atomic E-state index is 12.9. The smallest absolute Gasteiger partial charge is 0.312 e. The van der Waals surface area contributed by atoms with Crippen molar-refractivity contribution in [2.24, 2.45) is 17.3 Å². The molecule has 10 atom stereocenters. The summed E-state index contributed by atoms with van der Waals surface area (Å²) in [6, 6.07) is 0. The summed E-state index contributed by atoms with van der Waals surface area (Å²) in [6.07, 6.45) is -2.92. The summed E-state index contributed by atoms with van der Waals surface area (Å²) in [5, 5.41) is 24.7. The van der Waals surface area contributed by atoms with Crippen molar-refractivity contribution >= 4 is 41.4 Å². The van der Waals surface area contributed by atoms with E-state index >= 15 is 0 Å². The molecule has 12 nitrogen and oxygen atoms in total. The van der Waals surface area contributed by atoms with Crippen molar-refractivity contribution < 1.29 is 57.9 Å². The molecule has 3 aliphatic rings. The van der Waals surface area contributed by atoms with Gasteiger partial charge in [-0.15, -0.1) is 11.6 Å². The number of carbonyl (C=O) groups is 5. The van der Waals surface area contributed by atoms with Crippen molar-refractivity contribution in [2.75, 3.05) is 5.88 Å². The molecule has 0 radical (unpaired) electrons. The summed E-state index contributed by atoms with van der Waals surface area (Å²) in [7, 11) is 0. The van der Waals surface area contributed by atoms with Crippen LogP contribution in [-0.4, -0.2) is 87.7 Å². The van der Waals surface area contributed by atoms with Gasteiger partial charge >= 0.3 is 29.8 Å². The van der Waals surface area contributed by atoms with Gasteiger partial charge in [0.1, 0.15) is 30.0 Å². The Morgan fingerprint density at radius 3 is 2.00 bits per heavy atom. The molecule has 3 rings (SSSR count). The van der Waals surface area contributed by atoms with Crippen LogP contribution in [0.3, 0.4) is 0 Å². The number of alkyl halides is 1. The minimum Gasteiger partial charge on any atom is -0.462 e. The first kappa shape index (κ1) is 32.6. The second kappa shape index (κ2) is 11.7. The topological polar surface area (TPSA) is 172 Å². The number of esters is 5. The lowest BCUT2D eigenvalue weighted by Gasteiger charge is -2.60. The van der Waals surface area contributed by atoms with Gasteiger partial charge in [-0.05, 0) is 31.6 Å². The number of halogens is 1. The summed E-state index contributed by atoms with van der Waals surface area (Å²) in [5.74, 6) is -6.86. The van der Waals surface area contributed by atoms with Crippen LogP contribution in [0.25, 0.3) is 0 Å². The Morgan fingerprint density at radius 1 is 0.951 bits per heavy atom. The predicted molar refractivity (Wildman–Crippen MR) is 141 cm³/mol. The monoisotopic (exact) mass is 600 g/mol. The van der Waals surface area contributed by atoms with Crippen LogP contribution < -0.4 is 0 Å².